The van der Waals surface area contributed by atoms with Gasteiger partial charge in [0.25, 0.3) is 0 Å². The van der Waals surface area contributed by atoms with Gasteiger partial charge in [-0.25, -0.2) is 0 Å². The first-order valence-corrected chi connectivity index (χ1v) is 6.13. The van der Waals surface area contributed by atoms with Gasteiger partial charge in [-0.2, -0.15) is 18.3 Å². The summed E-state index contributed by atoms with van der Waals surface area (Å²) in [6.45, 7) is 0. The van der Waals surface area contributed by atoms with Crippen molar-refractivity contribution in [3.63, 3.8) is 0 Å². The standard InChI is InChI=1S/C14H8ClF3N2/c15-12-6-10(14(16,17)18)2-3-11(12)8-1-4-13-9(5-8)7-19-20-13/h1-7H,(H,19,20). The van der Waals surface area contributed by atoms with Crippen LogP contribution in [-0.2, 0) is 6.18 Å². The molecule has 102 valence electrons. The molecule has 0 saturated heterocycles. The van der Waals surface area contributed by atoms with Crippen LogP contribution in [0, 0.1) is 0 Å². The van der Waals surface area contributed by atoms with Crippen molar-refractivity contribution < 1.29 is 13.2 Å². The molecule has 2 nitrogen and oxygen atoms in total. The van der Waals surface area contributed by atoms with Crippen molar-refractivity contribution in [2.45, 2.75) is 6.18 Å². The largest absolute Gasteiger partial charge is 0.416 e. The second-order valence-corrected chi connectivity index (χ2v) is 4.77. The van der Waals surface area contributed by atoms with E-state index in [0.29, 0.717) is 5.56 Å². The summed E-state index contributed by atoms with van der Waals surface area (Å²) in [4.78, 5) is 0. The van der Waals surface area contributed by atoms with Gasteiger partial charge in [0.2, 0.25) is 0 Å². The Hall–Kier alpha value is -2.01. The fourth-order valence-electron chi connectivity index (χ4n) is 2.04. The summed E-state index contributed by atoms with van der Waals surface area (Å²) in [5.74, 6) is 0. The zero-order valence-electron chi connectivity index (χ0n) is 10.0. The molecule has 1 aromatic heterocycles. The number of aromatic amines is 1. The molecule has 0 unspecified atom stereocenters. The Morgan fingerprint density at radius 3 is 2.55 bits per heavy atom. The maximum absolute atomic E-state index is 12.6. The molecule has 0 amide bonds. The van der Waals surface area contributed by atoms with E-state index < -0.39 is 11.7 Å². The smallest absolute Gasteiger partial charge is 0.278 e. The summed E-state index contributed by atoms with van der Waals surface area (Å²) >= 11 is 5.97. The van der Waals surface area contributed by atoms with Gasteiger partial charge in [0.1, 0.15) is 0 Å². The van der Waals surface area contributed by atoms with E-state index in [2.05, 4.69) is 10.2 Å². The van der Waals surface area contributed by atoms with E-state index in [4.69, 9.17) is 11.6 Å². The highest BCUT2D eigenvalue weighted by molar-refractivity contribution is 6.33. The van der Waals surface area contributed by atoms with Crippen LogP contribution in [0.3, 0.4) is 0 Å². The molecule has 0 bridgehead atoms. The number of alkyl halides is 3. The third kappa shape index (κ3) is 2.25. The van der Waals surface area contributed by atoms with Crippen LogP contribution in [0.2, 0.25) is 5.02 Å². The molecule has 20 heavy (non-hydrogen) atoms. The lowest BCUT2D eigenvalue weighted by Crippen LogP contribution is -2.04. The van der Waals surface area contributed by atoms with Gasteiger partial charge in [-0.15, -0.1) is 0 Å². The van der Waals surface area contributed by atoms with Crippen molar-refractivity contribution in [1.29, 1.82) is 0 Å². The Morgan fingerprint density at radius 2 is 1.85 bits per heavy atom. The number of aromatic nitrogens is 2. The van der Waals surface area contributed by atoms with E-state index in [1.54, 1.807) is 12.3 Å². The van der Waals surface area contributed by atoms with Crippen LogP contribution < -0.4 is 0 Å². The summed E-state index contributed by atoms with van der Waals surface area (Å²) in [5, 5.41) is 7.65. The Kier molecular flexibility index (Phi) is 2.94. The Bertz CT molecular complexity index is 777. The number of hydrogen-bond donors (Lipinski definition) is 1. The van der Waals surface area contributed by atoms with Crippen LogP contribution in [-0.4, -0.2) is 10.2 Å². The number of nitrogens with zero attached hydrogens (tertiary/aromatic N) is 1. The zero-order chi connectivity index (χ0) is 14.3. The van der Waals surface area contributed by atoms with E-state index in [-0.39, 0.29) is 5.02 Å². The van der Waals surface area contributed by atoms with Crippen LogP contribution in [0.1, 0.15) is 5.56 Å². The number of benzene rings is 2. The number of rotatable bonds is 1. The van der Waals surface area contributed by atoms with Crippen LogP contribution in [0.25, 0.3) is 22.0 Å². The Labute approximate surface area is 117 Å². The molecule has 2 aromatic carbocycles. The Balaban J connectivity index is 2.09. The average Bonchev–Trinajstić information content (AvgIpc) is 2.84. The number of fused-ring (bicyclic) bond motifs is 1. The van der Waals surface area contributed by atoms with Gasteiger partial charge < -0.3 is 0 Å². The normalized spacial score (nSPS) is 12.0. The lowest BCUT2D eigenvalue weighted by atomic mass is 10.0. The van der Waals surface area contributed by atoms with Gasteiger partial charge in [0, 0.05) is 16.0 Å². The topological polar surface area (TPSA) is 28.7 Å². The van der Waals surface area contributed by atoms with Crippen molar-refractivity contribution in [1.82, 2.24) is 10.2 Å². The van der Waals surface area contributed by atoms with Gasteiger partial charge in [-0.1, -0.05) is 23.7 Å². The van der Waals surface area contributed by atoms with E-state index >= 15 is 0 Å². The summed E-state index contributed by atoms with van der Waals surface area (Å²) < 4.78 is 37.8. The molecule has 0 fully saturated rings. The fourth-order valence-corrected chi connectivity index (χ4v) is 2.33. The minimum atomic E-state index is -4.39. The summed E-state index contributed by atoms with van der Waals surface area (Å²) in [6, 6.07) is 8.78. The van der Waals surface area contributed by atoms with Crippen LogP contribution in [0.15, 0.2) is 42.6 Å². The van der Waals surface area contributed by atoms with Gasteiger partial charge in [-0.3, -0.25) is 5.10 Å². The second-order valence-electron chi connectivity index (χ2n) is 4.36. The minimum Gasteiger partial charge on any atom is -0.278 e. The Morgan fingerprint density at radius 1 is 1.05 bits per heavy atom. The van der Waals surface area contributed by atoms with Gasteiger partial charge in [0.15, 0.2) is 0 Å². The molecule has 0 aliphatic rings. The molecular formula is C14H8ClF3N2. The molecule has 0 aliphatic heterocycles. The summed E-state index contributed by atoms with van der Waals surface area (Å²) in [5.41, 5.74) is 1.41. The van der Waals surface area contributed by atoms with Crippen LogP contribution >= 0.6 is 11.6 Å². The van der Waals surface area contributed by atoms with Crippen LogP contribution in [0.5, 0.6) is 0 Å². The van der Waals surface area contributed by atoms with Crippen molar-refractivity contribution in [3.05, 3.63) is 53.2 Å². The van der Waals surface area contributed by atoms with E-state index in [0.717, 1.165) is 28.6 Å². The minimum absolute atomic E-state index is 0.0719. The molecule has 0 radical (unpaired) electrons. The van der Waals surface area contributed by atoms with Gasteiger partial charge in [-0.05, 0) is 29.8 Å². The van der Waals surface area contributed by atoms with Crippen molar-refractivity contribution >= 4 is 22.5 Å². The van der Waals surface area contributed by atoms with Gasteiger partial charge in [0.05, 0.1) is 17.3 Å². The van der Waals surface area contributed by atoms with Crippen LogP contribution in [0.4, 0.5) is 13.2 Å². The molecule has 3 aromatic rings. The first kappa shape index (κ1) is 13.0. The van der Waals surface area contributed by atoms with E-state index in [1.807, 2.05) is 12.1 Å². The summed E-state index contributed by atoms with van der Waals surface area (Å²) in [6.07, 6.45) is -2.74. The third-order valence-electron chi connectivity index (χ3n) is 3.05. The first-order chi connectivity index (χ1) is 9.45. The fraction of sp³-hybridized carbons (Fsp3) is 0.0714. The van der Waals surface area contributed by atoms with E-state index in [1.165, 1.54) is 6.07 Å². The number of nitrogens with one attached hydrogen (secondary N) is 1. The first-order valence-electron chi connectivity index (χ1n) is 5.75. The lowest BCUT2D eigenvalue weighted by Gasteiger charge is -2.10. The van der Waals surface area contributed by atoms with Crippen molar-refractivity contribution in [2.75, 3.05) is 0 Å². The quantitative estimate of drug-likeness (QED) is 0.679. The molecule has 6 heteroatoms. The predicted octanol–water partition coefficient (Wildman–Crippen LogP) is 4.90. The highest BCUT2D eigenvalue weighted by Crippen LogP contribution is 2.36. The van der Waals surface area contributed by atoms with Gasteiger partial charge >= 0.3 is 6.18 Å². The summed E-state index contributed by atoms with van der Waals surface area (Å²) in [7, 11) is 0. The lowest BCUT2D eigenvalue weighted by molar-refractivity contribution is -0.137. The molecule has 0 saturated carbocycles. The second kappa shape index (κ2) is 4.52. The SMILES string of the molecule is FC(F)(F)c1ccc(-c2ccc3[nH]ncc3c2)c(Cl)c1. The number of hydrogen-bond acceptors (Lipinski definition) is 1. The average molecular weight is 297 g/mol. The molecular weight excluding hydrogens is 289 g/mol. The molecule has 1 N–H and O–H groups in total. The number of halogens is 4. The zero-order valence-corrected chi connectivity index (χ0v) is 10.8. The highest BCUT2D eigenvalue weighted by Gasteiger charge is 2.30. The number of H-pyrrole nitrogens is 1. The monoisotopic (exact) mass is 296 g/mol. The predicted molar refractivity (Wildman–Crippen MR) is 71.5 cm³/mol. The maximum Gasteiger partial charge on any atom is 0.416 e. The van der Waals surface area contributed by atoms with Crippen molar-refractivity contribution in [2.24, 2.45) is 0 Å². The van der Waals surface area contributed by atoms with Crippen molar-refractivity contribution in [3.8, 4) is 11.1 Å². The molecule has 0 spiro atoms. The molecule has 3 rings (SSSR count). The third-order valence-corrected chi connectivity index (χ3v) is 3.36. The highest BCUT2D eigenvalue weighted by atomic mass is 35.5. The molecule has 1 heterocycles. The van der Waals surface area contributed by atoms with E-state index in [9.17, 15) is 13.2 Å². The molecule has 0 atom stereocenters. The molecule has 0 aliphatic carbocycles. The maximum atomic E-state index is 12.6.